The van der Waals surface area contributed by atoms with Crippen molar-refractivity contribution >= 4 is 29.1 Å². The fraction of sp³-hybridized carbons (Fsp3) is 0.462. The summed E-state index contributed by atoms with van der Waals surface area (Å²) in [6.07, 6.45) is 0.0679. The van der Waals surface area contributed by atoms with Crippen LogP contribution >= 0.6 is 23.2 Å². The van der Waals surface area contributed by atoms with Crippen LogP contribution in [0.25, 0.3) is 0 Å². The van der Waals surface area contributed by atoms with Crippen molar-refractivity contribution in [2.45, 2.75) is 13.0 Å². The van der Waals surface area contributed by atoms with Gasteiger partial charge in [-0.25, -0.2) is 0 Å². The maximum atomic E-state index is 12.0. The zero-order chi connectivity index (χ0) is 13.8. The summed E-state index contributed by atoms with van der Waals surface area (Å²) in [6.45, 7) is 3.68. The van der Waals surface area contributed by atoms with Crippen LogP contribution < -0.4 is 4.74 Å². The summed E-state index contributed by atoms with van der Waals surface area (Å²) < 4.78 is 10.8. The summed E-state index contributed by atoms with van der Waals surface area (Å²) in [5.74, 6) is 0.429. The third-order valence-corrected chi connectivity index (χ3v) is 3.23. The zero-order valence-corrected chi connectivity index (χ0v) is 12.1. The van der Waals surface area contributed by atoms with Crippen LogP contribution in [0.5, 0.6) is 5.75 Å². The van der Waals surface area contributed by atoms with E-state index in [9.17, 15) is 4.79 Å². The predicted molar refractivity (Wildman–Crippen MR) is 74.0 cm³/mol. The molecule has 104 valence electrons. The number of carbonyl (C=O) groups excluding carboxylic acids is 1. The number of morpholine rings is 1. The molecule has 1 atom stereocenters. The molecule has 1 aromatic rings. The molecule has 1 aliphatic heterocycles. The molecule has 1 aliphatic rings. The molecule has 0 aromatic heterocycles. The van der Waals surface area contributed by atoms with E-state index < -0.39 is 0 Å². The van der Waals surface area contributed by atoms with Gasteiger partial charge in [-0.3, -0.25) is 4.79 Å². The number of ether oxygens (including phenoxy) is 2. The van der Waals surface area contributed by atoms with E-state index in [2.05, 4.69) is 0 Å². The van der Waals surface area contributed by atoms with Gasteiger partial charge in [0.25, 0.3) is 5.91 Å². The summed E-state index contributed by atoms with van der Waals surface area (Å²) >= 11 is 11.7. The first-order chi connectivity index (χ1) is 9.04. The maximum Gasteiger partial charge on any atom is 0.260 e. The number of amides is 1. The molecule has 6 heteroatoms. The van der Waals surface area contributed by atoms with Gasteiger partial charge in [0, 0.05) is 23.1 Å². The van der Waals surface area contributed by atoms with Gasteiger partial charge in [-0.05, 0) is 25.1 Å². The normalized spacial score (nSPS) is 19.3. The Hall–Kier alpha value is -0.970. The fourth-order valence-electron chi connectivity index (χ4n) is 1.89. The minimum Gasteiger partial charge on any atom is -0.484 e. The molecule has 4 nitrogen and oxygen atoms in total. The number of nitrogens with zero attached hydrogens (tertiary/aromatic N) is 1. The van der Waals surface area contributed by atoms with Gasteiger partial charge >= 0.3 is 0 Å². The Morgan fingerprint density at radius 1 is 1.42 bits per heavy atom. The quantitative estimate of drug-likeness (QED) is 0.861. The second-order valence-electron chi connectivity index (χ2n) is 4.41. The molecule has 0 N–H and O–H groups in total. The molecular formula is C13H15Cl2NO3. The van der Waals surface area contributed by atoms with Gasteiger partial charge in [-0.2, -0.15) is 0 Å². The summed E-state index contributed by atoms with van der Waals surface area (Å²) in [6, 6.07) is 4.87. The van der Waals surface area contributed by atoms with Crippen molar-refractivity contribution in [2.75, 3.05) is 26.3 Å². The van der Waals surface area contributed by atoms with E-state index in [1.807, 2.05) is 6.92 Å². The van der Waals surface area contributed by atoms with Crippen LogP contribution in [0.2, 0.25) is 10.0 Å². The highest BCUT2D eigenvalue weighted by Gasteiger charge is 2.21. The predicted octanol–water partition coefficient (Wildman–Crippen LogP) is 2.62. The largest absolute Gasteiger partial charge is 0.484 e. The first-order valence-corrected chi connectivity index (χ1v) is 6.78. The molecule has 0 radical (unpaired) electrons. The average molecular weight is 304 g/mol. The second kappa shape index (κ2) is 6.46. The number of hydrogen-bond acceptors (Lipinski definition) is 3. The highest BCUT2D eigenvalue weighted by Crippen LogP contribution is 2.24. The Labute approximate surface area is 122 Å². The Balaban J connectivity index is 1.89. The van der Waals surface area contributed by atoms with Gasteiger partial charge < -0.3 is 14.4 Å². The Bertz CT molecular complexity index is 447. The van der Waals surface area contributed by atoms with Crippen LogP contribution in [0.1, 0.15) is 6.92 Å². The van der Waals surface area contributed by atoms with Crippen molar-refractivity contribution < 1.29 is 14.3 Å². The fourth-order valence-corrected chi connectivity index (χ4v) is 2.40. The van der Waals surface area contributed by atoms with Gasteiger partial charge in [0.15, 0.2) is 6.61 Å². The zero-order valence-electron chi connectivity index (χ0n) is 10.6. The van der Waals surface area contributed by atoms with E-state index in [4.69, 9.17) is 32.7 Å². The lowest BCUT2D eigenvalue weighted by Crippen LogP contribution is -2.46. The van der Waals surface area contributed by atoms with Gasteiger partial charge in [0.2, 0.25) is 0 Å². The van der Waals surface area contributed by atoms with Crippen molar-refractivity contribution in [3.63, 3.8) is 0 Å². The number of hydrogen-bond donors (Lipinski definition) is 0. The molecule has 2 rings (SSSR count). The van der Waals surface area contributed by atoms with Crippen LogP contribution in [0.3, 0.4) is 0 Å². The van der Waals surface area contributed by atoms with Crippen molar-refractivity contribution in [1.82, 2.24) is 4.90 Å². The summed E-state index contributed by atoms with van der Waals surface area (Å²) in [5, 5.41) is 0.963. The number of rotatable bonds is 3. The smallest absolute Gasteiger partial charge is 0.260 e. The summed E-state index contributed by atoms with van der Waals surface area (Å²) in [4.78, 5) is 13.7. The lowest BCUT2D eigenvalue weighted by atomic mass is 10.3. The van der Waals surface area contributed by atoms with E-state index in [0.717, 1.165) is 0 Å². The standard InChI is InChI=1S/C13H15Cl2NO3/c1-9-7-16(2-3-18-9)13(17)8-19-12-5-10(14)4-11(15)6-12/h4-6,9H,2-3,7-8H2,1H3. The minimum atomic E-state index is -0.0637. The van der Waals surface area contributed by atoms with E-state index in [0.29, 0.717) is 35.5 Å². The van der Waals surface area contributed by atoms with Gasteiger partial charge in [-0.15, -0.1) is 0 Å². The molecule has 0 aliphatic carbocycles. The minimum absolute atomic E-state index is 0.0244. The lowest BCUT2D eigenvalue weighted by Gasteiger charge is -2.31. The Kier molecular flexibility index (Phi) is 4.91. The van der Waals surface area contributed by atoms with Gasteiger partial charge in [-0.1, -0.05) is 23.2 Å². The monoisotopic (exact) mass is 303 g/mol. The van der Waals surface area contributed by atoms with E-state index in [1.165, 1.54) is 0 Å². The van der Waals surface area contributed by atoms with Crippen molar-refractivity contribution in [3.05, 3.63) is 28.2 Å². The van der Waals surface area contributed by atoms with Crippen LogP contribution in [0.15, 0.2) is 18.2 Å². The highest BCUT2D eigenvalue weighted by molar-refractivity contribution is 6.34. The summed E-state index contributed by atoms with van der Waals surface area (Å²) in [5.41, 5.74) is 0. The first kappa shape index (κ1) is 14.4. The lowest BCUT2D eigenvalue weighted by molar-refractivity contribution is -0.140. The van der Waals surface area contributed by atoms with Crippen LogP contribution in [-0.4, -0.2) is 43.2 Å². The molecule has 1 amide bonds. The van der Waals surface area contributed by atoms with Crippen LogP contribution in [-0.2, 0) is 9.53 Å². The topological polar surface area (TPSA) is 38.8 Å². The second-order valence-corrected chi connectivity index (χ2v) is 5.29. The number of benzene rings is 1. The Morgan fingerprint density at radius 3 is 2.74 bits per heavy atom. The van der Waals surface area contributed by atoms with Gasteiger partial charge in [0.05, 0.1) is 12.7 Å². The molecule has 1 unspecified atom stereocenters. The molecule has 1 saturated heterocycles. The number of halogens is 2. The van der Waals surface area contributed by atoms with Crippen LogP contribution in [0.4, 0.5) is 0 Å². The molecule has 0 saturated carbocycles. The molecule has 1 fully saturated rings. The molecular weight excluding hydrogens is 289 g/mol. The van der Waals surface area contributed by atoms with E-state index >= 15 is 0 Å². The summed E-state index contributed by atoms with van der Waals surface area (Å²) in [7, 11) is 0. The van der Waals surface area contributed by atoms with Crippen molar-refractivity contribution in [2.24, 2.45) is 0 Å². The number of carbonyl (C=O) groups is 1. The SMILES string of the molecule is CC1CN(C(=O)COc2cc(Cl)cc(Cl)c2)CCO1. The van der Waals surface area contributed by atoms with Crippen LogP contribution in [0, 0.1) is 0 Å². The van der Waals surface area contributed by atoms with Gasteiger partial charge in [0.1, 0.15) is 5.75 Å². The molecule has 1 heterocycles. The van der Waals surface area contributed by atoms with Crippen molar-refractivity contribution in [1.29, 1.82) is 0 Å². The highest BCUT2D eigenvalue weighted by atomic mass is 35.5. The molecule has 1 aromatic carbocycles. The molecule has 0 bridgehead atoms. The maximum absolute atomic E-state index is 12.0. The average Bonchev–Trinajstić information content (AvgIpc) is 2.35. The Morgan fingerprint density at radius 2 is 2.11 bits per heavy atom. The first-order valence-electron chi connectivity index (χ1n) is 6.03. The third kappa shape index (κ3) is 4.27. The molecule has 19 heavy (non-hydrogen) atoms. The third-order valence-electron chi connectivity index (χ3n) is 2.79. The van der Waals surface area contributed by atoms with E-state index in [1.54, 1.807) is 23.1 Å². The van der Waals surface area contributed by atoms with E-state index in [-0.39, 0.29) is 18.6 Å². The molecule has 0 spiro atoms. The van der Waals surface area contributed by atoms with Crippen molar-refractivity contribution in [3.8, 4) is 5.75 Å².